The lowest BCUT2D eigenvalue weighted by atomic mass is 10.1. The Bertz CT molecular complexity index is 824. The van der Waals surface area contributed by atoms with E-state index in [9.17, 15) is 9.90 Å². The molecule has 2 heterocycles. The maximum absolute atomic E-state index is 11.6. The fourth-order valence-corrected chi connectivity index (χ4v) is 2.07. The molecule has 0 aliphatic heterocycles. The lowest BCUT2D eigenvalue weighted by Crippen LogP contribution is -2.09. The summed E-state index contributed by atoms with van der Waals surface area (Å²) in [5, 5.41) is 11.5. The predicted octanol–water partition coefficient (Wildman–Crippen LogP) is 2.45. The summed E-state index contributed by atoms with van der Waals surface area (Å²) in [4.78, 5) is 22.3. The molecule has 94 valence electrons. The molecule has 0 aliphatic rings. The van der Waals surface area contributed by atoms with E-state index in [1.807, 2.05) is 24.3 Å². The minimum absolute atomic E-state index is 0.0180. The SMILES string of the molecule is O=c1[nH]c(-c2cncc3ccccc23)nc(O)c1Br. The second-order valence-corrected chi connectivity index (χ2v) is 4.75. The molecule has 0 unspecified atom stereocenters. The van der Waals surface area contributed by atoms with Crippen molar-refractivity contribution in [1.29, 1.82) is 0 Å². The van der Waals surface area contributed by atoms with Gasteiger partial charge in [0.05, 0.1) is 0 Å². The van der Waals surface area contributed by atoms with Crippen LogP contribution in [0.3, 0.4) is 0 Å². The number of benzene rings is 1. The molecule has 0 radical (unpaired) electrons. The van der Waals surface area contributed by atoms with Crippen molar-refractivity contribution in [2.75, 3.05) is 0 Å². The van der Waals surface area contributed by atoms with Crippen molar-refractivity contribution in [3.63, 3.8) is 0 Å². The first-order chi connectivity index (χ1) is 9.16. The third kappa shape index (κ3) is 2.00. The van der Waals surface area contributed by atoms with Crippen molar-refractivity contribution >= 4 is 26.7 Å². The van der Waals surface area contributed by atoms with Crippen LogP contribution in [-0.2, 0) is 0 Å². The van der Waals surface area contributed by atoms with Gasteiger partial charge in [-0.05, 0) is 21.3 Å². The minimum Gasteiger partial charge on any atom is -0.492 e. The highest BCUT2D eigenvalue weighted by Crippen LogP contribution is 2.26. The van der Waals surface area contributed by atoms with E-state index in [4.69, 9.17) is 0 Å². The smallest absolute Gasteiger partial charge is 0.269 e. The third-order valence-electron chi connectivity index (χ3n) is 2.77. The molecule has 0 amide bonds. The average molecular weight is 318 g/mol. The summed E-state index contributed by atoms with van der Waals surface area (Å²) >= 11 is 2.96. The Morgan fingerprint density at radius 2 is 2.00 bits per heavy atom. The maximum atomic E-state index is 11.6. The number of aromatic hydroxyl groups is 1. The van der Waals surface area contributed by atoms with Crippen LogP contribution >= 0.6 is 15.9 Å². The fraction of sp³-hybridized carbons (Fsp3) is 0. The maximum Gasteiger partial charge on any atom is 0.269 e. The molecule has 0 atom stereocenters. The van der Waals surface area contributed by atoms with Crippen LogP contribution in [0.2, 0.25) is 0 Å². The van der Waals surface area contributed by atoms with Gasteiger partial charge in [0.1, 0.15) is 10.3 Å². The van der Waals surface area contributed by atoms with Crippen molar-refractivity contribution in [2.45, 2.75) is 0 Å². The molecule has 3 aromatic rings. The first-order valence-corrected chi connectivity index (χ1v) is 6.28. The van der Waals surface area contributed by atoms with Gasteiger partial charge in [-0.3, -0.25) is 9.78 Å². The van der Waals surface area contributed by atoms with Gasteiger partial charge in [0.2, 0.25) is 5.88 Å². The van der Waals surface area contributed by atoms with Crippen molar-refractivity contribution in [1.82, 2.24) is 15.0 Å². The van der Waals surface area contributed by atoms with Gasteiger partial charge >= 0.3 is 0 Å². The quantitative estimate of drug-likeness (QED) is 0.722. The van der Waals surface area contributed by atoms with Crippen molar-refractivity contribution < 1.29 is 5.11 Å². The number of aromatic amines is 1. The molecule has 6 heteroatoms. The number of aromatic nitrogens is 3. The standard InChI is InChI=1S/C13H8BrN3O2/c14-10-12(18)16-11(17-13(10)19)9-6-15-5-7-3-1-2-4-8(7)9/h1-6H,(H2,16,17,18,19). The molecular formula is C13H8BrN3O2. The summed E-state index contributed by atoms with van der Waals surface area (Å²) in [6.45, 7) is 0. The van der Waals surface area contributed by atoms with Crippen molar-refractivity contribution in [2.24, 2.45) is 0 Å². The lowest BCUT2D eigenvalue weighted by molar-refractivity contribution is 0.448. The zero-order valence-corrected chi connectivity index (χ0v) is 11.2. The van der Waals surface area contributed by atoms with Crippen LogP contribution in [0.15, 0.2) is 45.9 Å². The highest BCUT2D eigenvalue weighted by Gasteiger charge is 2.11. The molecule has 0 aliphatic carbocycles. The Kier molecular flexibility index (Phi) is 2.79. The number of hydrogen-bond acceptors (Lipinski definition) is 4. The van der Waals surface area contributed by atoms with Gasteiger partial charge in [0, 0.05) is 23.3 Å². The molecular weight excluding hydrogens is 310 g/mol. The van der Waals surface area contributed by atoms with Gasteiger partial charge in [0.25, 0.3) is 5.56 Å². The Hall–Kier alpha value is -2.21. The van der Waals surface area contributed by atoms with E-state index in [2.05, 4.69) is 30.9 Å². The molecule has 3 rings (SSSR count). The number of nitrogens with one attached hydrogen (secondary N) is 1. The van der Waals surface area contributed by atoms with Crippen LogP contribution in [0.25, 0.3) is 22.2 Å². The second-order valence-electron chi connectivity index (χ2n) is 3.96. The summed E-state index contributed by atoms with van der Waals surface area (Å²) in [7, 11) is 0. The number of hydrogen-bond donors (Lipinski definition) is 2. The van der Waals surface area contributed by atoms with E-state index in [-0.39, 0.29) is 16.2 Å². The number of fused-ring (bicyclic) bond motifs is 1. The predicted molar refractivity (Wildman–Crippen MR) is 75.0 cm³/mol. The normalized spacial score (nSPS) is 10.8. The van der Waals surface area contributed by atoms with Crippen LogP contribution in [0.1, 0.15) is 0 Å². The van der Waals surface area contributed by atoms with E-state index >= 15 is 0 Å². The molecule has 19 heavy (non-hydrogen) atoms. The number of H-pyrrole nitrogens is 1. The van der Waals surface area contributed by atoms with Crippen LogP contribution in [-0.4, -0.2) is 20.1 Å². The molecule has 0 fully saturated rings. The molecule has 2 N–H and O–H groups in total. The zero-order valence-electron chi connectivity index (χ0n) is 9.59. The molecule has 0 spiro atoms. The largest absolute Gasteiger partial charge is 0.492 e. The van der Waals surface area contributed by atoms with Gasteiger partial charge in [-0.15, -0.1) is 0 Å². The highest BCUT2D eigenvalue weighted by atomic mass is 79.9. The van der Waals surface area contributed by atoms with Crippen LogP contribution < -0.4 is 5.56 Å². The van der Waals surface area contributed by atoms with Gasteiger partial charge in [-0.1, -0.05) is 24.3 Å². The number of halogens is 1. The van der Waals surface area contributed by atoms with Crippen molar-refractivity contribution in [3.8, 4) is 17.3 Å². The summed E-state index contributed by atoms with van der Waals surface area (Å²) in [6, 6.07) is 7.62. The highest BCUT2D eigenvalue weighted by molar-refractivity contribution is 9.10. The van der Waals surface area contributed by atoms with Crippen LogP contribution in [0, 0.1) is 0 Å². The Balaban J connectivity index is 2.34. The third-order valence-corrected chi connectivity index (χ3v) is 3.48. The molecule has 1 aromatic carbocycles. The molecule has 0 saturated heterocycles. The van der Waals surface area contributed by atoms with Crippen molar-refractivity contribution in [3.05, 3.63) is 51.5 Å². The monoisotopic (exact) mass is 317 g/mol. The Morgan fingerprint density at radius 3 is 2.79 bits per heavy atom. The first kappa shape index (κ1) is 11.9. The van der Waals surface area contributed by atoms with Gasteiger partial charge < -0.3 is 10.1 Å². The topological polar surface area (TPSA) is 78.9 Å². The van der Waals surface area contributed by atoms with Crippen LogP contribution in [0.5, 0.6) is 5.88 Å². The van der Waals surface area contributed by atoms with Gasteiger partial charge in [0.15, 0.2) is 0 Å². The Morgan fingerprint density at radius 1 is 1.21 bits per heavy atom. The molecule has 2 aromatic heterocycles. The molecule has 5 nitrogen and oxygen atoms in total. The average Bonchev–Trinajstić information content (AvgIpc) is 2.43. The summed E-state index contributed by atoms with van der Waals surface area (Å²) in [5.74, 6) is -0.0540. The summed E-state index contributed by atoms with van der Waals surface area (Å²) < 4.78 is 0.0180. The number of nitrogens with zero attached hydrogens (tertiary/aromatic N) is 2. The summed E-state index contributed by atoms with van der Waals surface area (Å²) in [6.07, 6.45) is 3.34. The number of pyridine rings is 1. The number of rotatable bonds is 1. The van der Waals surface area contributed by atoms with Gasteiger partial charge in [-0.25, -0.2) is 0 Å². The van der Waals surface area contributed by atoms with E-state index in [0.717, 1.165) is 10.8 Å². The molecule has 0 saturated carbocycles. The van der Waals surface area contributed by atoms with Crippen LogP contribution in [0.4, 0.5) is 0 Å². The van der Waals surface area contributed by atoms with Gasteiger partial charge in [-0.2, -0.15) is 4.98 Å². The van der Waals surface area contributed by atoms with E-state index < -0.39 is 5.56 Å². The summed E-state index contributed by atoms with van der Waals surface area (Å²) in [5.41, 5.74) is 0.230. The van der Waals surface area contributed by atoms with E-state index in [1.54, 1.807) is 12.4 Å². The van der Waals surface area contributed by atoms with E-state index in [1.165, 1.54) is 0 Å². The fourth-order valence-electron chi connectivity index (χ4n) is 1.88. The zero-order chi connectivity index (χ0) is 13.4. The molecule has 0 bridgehead atoms. The van der Waals surface area contributed by atoms with E-state index in [0.29, 0.717) is 5.56 Å². The Labute approximate surface area is 116 Å². The minimum atomic E-state index is -0.435. The first-order valence-electron chi connectivity index (χ1n) is 5.49. The lowest BCUT2D eigenvalue weighted by Gasteiger charge is -2.06. The second kappa shape index (κ2) is 4.47.